The van der Waals surface area contributed by atoms with E-state index in [1.54, 1.807) is 4.88 Å². The van der Waals surface area contributed by atoms with Gasteiger partial charge in [0.05, 0.1) is 0 Å². The smallest absolute Gasteiger partial charge is 0.00815 e. The van der Waals surface area contributed by atoms with Crippen LogP contribution in [0.1, 0.15) is 37.5 Å². The molecule has 1 fully saturated rings. The fourth-order valence-corrected chi connectivity index (χ4v) is 3.88. The second kappa shape index (κ2) is 5.13. The molecule has 1 aliphatic rings. The molecule has 0 saturated carbocycles. The van der Waals surface area contributed by atoms with Crippen LogP contribution >= 0.6 is 11.3 Å². The summed E-state index contributed by atoms with van der Waals surface area (Å²) in [7, 11) is 0. The minimum absolute atomic E-state index is 0.770. The van der Waals surface area contributed by atoms with Crippen molar-refractivity contribution in [1.29, 1.82) is 0 Å². The van der Waals surface area contributed by atoms with Crippen molar-refractivity contribution < 1.29 is 0 Å². The van der Waals surface area contributed by atoms with Gasteiger partial charge in [0.15, 0.2) is 0 Å². The SMILES string of the molecule is CC(C)C(c1cccs1)C1CCNCC1. The zero-order valence-corrected chi connectivity index (χ0v) is 10.5. The third kappa shape index (κ3) is 2.61. The molecule has 1 atom stereocenters. The predicted molar refractivity (Wildman–Crippen MR) is 67.5 cm³/mol. The average Bonchev–Trinajstić information content (AvgIpc) is 2.72. The molecular formula is C13H21NS. The molecule has 0 radical (unpaired) electrons. The van der Waals surface area contributed by atoms with Gasteiger partial charge in [0, 0.05) is 4.88 Å². The van der Waals surface area contributed by atoms with E-state index in [-0.39, 0.29) is 0 Å². The van der Waals surface area contributed by atoms with Gasteiger partial charge in [-0.25, -0.2) is 0 Å². The van der Waals surface area contributed by atoms with Gasteiger partial charge in [-0.1, -0.05) is 19.9 Å². The van der Waals surface area contributed by atoms with E-state index in [0.717, 1.165) is 17.8 Å². The van der Waals surface area contributed by atoms with Gasteiger partial charge in [-0.3, -0.25) is 0 Å². The summed E-state index contributed by atoms with van der Waals surface area (Å²) >= 11 is 1.93. The van der Waals surface area contributed by atoms with Gasteiger partial charge in [0.1, 0.15) is 0 Å². The van der Waals surface area contributed by atoms with Crippen molar-refractivity contribution in [2.75, 3.05) is 13.1 Å². The van der Waals surface area contributed by atoms with Gasteiger partial charge in [-0.2, -0.15) is 0 Å². The normalized spacial score (nSPS) is 20.7. The third-order valence-corrected chi connectivity index (χ3v) is 4.46. The summed E-state index contributed by atoms with van der Waals surface area (Å²) in [6, 6.07) is 4.51. The molecular weight excluding hydrogens is 202 g/mol. The Morgan fingerprint density at radius 3 is 2.60 bits per heavy atom. The van der Waals surface area contributed by atoms with Crippen LogP contribution in [-0.2, 0) is 0 Å². The molecule has 1 aliphatic heterocycles. The number of hydrogen-bond donors (Lipinski definition) is 1. The van der Waals surface area contributed by atoms with Crippen LogP contribution in [-0.4, -0.2) is 13.1 Å². The summed E-state index contributed by atoms with van der Waals surface area (Å²) in [5, 5.41) is 5.67. The Bertz CT molecular complexity index is 273. The van der Waals surface area contributed by atoms with E-state index in [9.17, 15) is 0 Å². The molecule has 0 aromatic carbocycles. The minimum Gasteiger partial charge on any atom is -0.317 e. The number of rotatable bonds is 3. The number of thiophene rings is 1. The second-order valence-corrected chi connectivity index (χ2v) is 5.85. The van der Waals surface area contributed by atoms with Gasteiger partial charge in [-0.05, 0) is 55.1 Å². The highest BCUT2D eigenvalue weighted by molar-refractivity contribution is 7.10. The molecule has 2 rings (SSSR count). The topological polar surface area (TPSA) is 12.0 Å². The number of nitrogens with one attached hydrogen (secondary N) is 1. The van der Waals surface area contributed by atoms with Gasteiger partial charge in [-0.15, -0.1) is 11.3 Å². The van der Waals surface area contributed by atoms with Crippen molar-refractivity contribution in [3.63, 3.8) is 0 Å². The Kier molecular flexibility index (Phi) is 3.81. The predicted octanol–water partition coefficient (Wildman–Crippen LogP) is 3.49. The standard InChI is InChI=1S/C13H21NS/c1-10(2)13(12-4-3-9-15-12)11-5-7-14-8-6-11/h3-4,9-11,13-14H,5-8H2,1-2H3. The van der Waals surface area contributed by atoms with E-state index in [2.05, 4.69) is 36.7 Å². The van der Waals surface area contributed by atoms with Crippen molar-refractivity contribution in [2.45, 2.75) is 32.6 Å². The molecule has 0 spiro atoms. The molecule has 2 heteroatoms. The van der Waals surface area contributed by atoms with Crippen LogP contribution in [0.4, 0.5) is 0 Å². The Morgan fingerprint density at radius 2 is 2.07 bits per heavy atom. The van der Waals surface area contributed by atoms with Crippen LogP contribution in [0.5, 0.6) is 0 Å². The summed E-state index contributed by atoms with van der Waals surface area (Å²) < 4.78 is 0. The first-order valence-corrected chi connectivity index (χ1v) is 6.91. The van der Waals surface area contributed by atoms with E-state index in [1.165, 1.54) is 25.9 Å². The van der Waals surface area contributed by atoms with E-state index >= 15 is 0 Å². The van der Waals surface area contributed by atoms with E-state index in [4.69, 9.17) is 0 Å². The van der Waals surface area contributed by atoms with E-state index in [0.29, 0.717) is 0 Å². The first-order chi connectivity index (χ1) is 7.29. The summed E-state index contributed by atoms with van der Waals surface area (Å²) in [5.41, 5.74) is 0. The molecule has 84 valence electrons. The summed E-state index contributed by atoms with van der Waals surface area (Å²) in [6.45, 7) is 7.15. The number of piperidine rings is 1. The molecule has 0 amide bonds. The van der Waals surface area contributed by atoms with Gasteiger partial charge in [0.2, 0.25) is 0 Å². The third-order valence-electron chi connectivity index (χ3n) is 3.48. The molecule has 1 N–H and O–H groups in total. The average molecular weight is 223 g/mol. The van der Waals surface area contributed by atoms with Crippen LogP contribution in [0.15, 0.2) is 17.5 Å². The quantitative estimate of drug-likeness (QED) is 0.827. The summed E-state index contributed by atoms with van der Waals surface area (Å²) in [6.07, 6.45) is 2.70. The second-order valence-electron chi connectivity index (χ2n) is 4.87. The Hall–Kier alpha value is -0.340. The Morgan fingerprint density at radius 1 is 1.33 bits per heavy atom. The molecule has 15 heavy (non-hydrogen) atoms. The van der Waals surface area contributed by atoms with E-state index in [1.807, 2.05) is 11.3 Å². The molecule has 0 bridgehead atoms. The fraction of sp³-hybridized carbons (Fsp3) is 0.692. The molecule has 1 aromatic heterocycles. The molecule has 1 saturated heterocycles. The Labute approximate surface area is 96.9 Å². The van der Waals surface area contributed by atoms with Gasteiger partial charge >= 0.3 is 0 Å². The maximum atomic E-state index is 3.46. The summed E-state index contributed by atoms with van der Waals surface area (Å²) in [4.78, 5) is 1.59. The molecule has 1 aromatic rings. The largest absolute Gasteiger partial charge is 0.317 e. The highest BCUT2D eigenvalue weighted by atomic mass is 32.1. The van der Waals surface area contributed by atoms with E-state index < -0.39 is 0 Å². The molecule has 0 aliphatic carbocycles. The lowest BCUT2D eigenvalue weighted by molar-refractivity contribution is 0.274. The van der Waals surface area contributed by atoms with Gasteiger partial charge < -0.3 is 5.32 Å². The maximum Gasteiger partial charge on any atom is 0.00815 e. The molecule has 1 unspecified atom stereocenters. The number of hydrogen-bond acceptors (Lipinski definition) is 2. The maximum absolute atomic E-state index is 3.46. The lowest BCUT2D eigenvalue weighted by Gasteiger charge is -2.32. The molecule has 2 heterocycles. The minimum atomic E-state index is 0.770. The van der Waals surface area contributed by atoms with Crippen molar-refractivity contribution in [3.05, 3.63) is 22.4 Å². The Balaban J connectivity index is 2.12. The lowest BCUT2D eigenvalue weighted by atomic mass is 9.77. The van der Waals surface area contributed by atoms with Crippen LogP contribution in [0.3, 0.4) is 0 Å². The van der Waals surface area contributed by atoms with Gasteiger partial charge in [0.25, 0.3) is 0 Å². The first-order valence-electron chi connectivity index (χ1n) is 6.03. The highest BCUT2D eigenvalue weighted by Gasteiger charge is 2.27. The van der Waals surface area contributed by atoms with Crippen LogP contribution in [0, 0.1) is 11.8 Å². The monoisotopic (exact) mass is 223 g/mol. The van der Waals surface area contributed by atoms with Crippen molar-refractivity contribution >= 4 is 11.3 Å². The van der Waals surface area contributed by atoms with Crippen LogP contribution in [0.2, 0.25) is 0 Å². The zero-order chi connectivity index (χ0) is 10.7. The van der Waals surface area contributed by atoms with Crippen molar-refractivity contribution in [1.82, 2.24) is 5.32 Å². The lowest BCUT2D eigenvalue weighted by Crippen LogP contribution is -2.32. The van der Waals surface area contributed by atoms with Crippen LogP contribution < -0.4 is 5.32 Å². The highest BCUT2D eigenvalue weighted by Crippen LogP contribution is 2.38. The van der Waals surface area contributed by atoms with Crippen LogP contribution in [0.25, 0.3) is 0 Å². The van der Waals surface area contributed by atoms with Crippen molar-refractivity contribution in [2.24, 2.45) is 11.8 Å². The zero-order valence-electron chi connectivity index (χ0n) is 9.70. The fourth-order valence-electron chi connectivity index (χ4n) is 2.79. The van der Waals surface area contributed by atoms with Crippen molar-refractivity contribution in [3.8, 4) is 0 Å². The molecule has 1 nitrogen and oxygen atoms in total. The first kappa shape index (κ1) is 11.2. The summed E-state index contributed by atoms with van der Waals surface area (Å²) in [5.74, 6) is 2.45.